The van der Waals surface area contributed by atoms with E-state index in [0.29, 0.717) is 32.7 Å². The van der Waals surface area contributed by atoms with Gasteiger partial charge in [-0.05, 0) is 36.1 Å². The lowest BCUT2D eigenvalue weighted by Gasteiger charge is -2.21. The molecule has 1 N–H and O–H groups in total. The van der Waals surface area contributed by atoms with E-state index in [1.807, 2.05) is 12.1 Å². The number of ether oxygens (including phenoxy) is 3. The van der Waals surface area contributed by atoms with E-state index in [1.165, 1.54) is 0 Å². The highest BCUT2D eigenvalue weighted by atomic mass is 16.6. The van der Waals surface area contributed by atoms with Crippen LogP contribution in [0.3, 0.4) is 0 Å². The molecule has 0 aromatic heterocycles. The third-order valence-corrected chi connectivity index (χ3v) is 3.00. The summed E-state index contributed by atoms with van der Waals surface area (Å²) >= 11 is 0. The number of hydrogen-bond acceptors (Lipinski definition) is 4. The van der Waals surface area contributed by atoms with Gasteiger partial charge in [0.2, 0.25) is 0 Å². The Labute approximate surface area is 112 Å². The Morgan fingerprint density at radius 3 is 2.47 bits per heavy atom. The summed E-state index contributed by atoms with van der Waals surface area (Å²) in [6.45, 7) is 1.59. The minimum absolute atomic E-state index is 0.168. The average Bonchev–Trinajstić information content (AvgIpc) is 2.39. The molecule has 0 fully saturated rings. The van der Waals surface area contributed by atoms with E-state index in [-0.39, 0.29) is 6.42 Å². The number of benzene rings is 1. The van der Waals surface area contributed by atoms with E-state index < -0.39 is 5.97 Å². The maximum absolute atomic E-state index is 10.6. The first-order valence-corrected chi connectivity index (χ1v) is 6.33. The van der Waals surface area contributed by atoms with Crippen LogP contribution in [-0.2, 0) is 22.6 Å². The molecule has 0 amide bonds. The SMILES string of the molecule is COCc1cc2c(cc1CCCC(=O)O)OCCO2. The molecular weight excluding hydrogens is 248 g/mol. The lowest BCUT2D eigenvalue weighted by Crippen LogP contribution is -2.16. The summed E-state index contributed by atoms with van der Waals surface area (Å²) in [5, 5.41) is 8.69. The second-order valence-electron chi connectivity index (χ2n) is 4.44. The van der Waals surface area contributed by atoms with Crippen molar-refractivity contribution < 1.29 is 24.1 Å². The maximum Gasteiger partial charge on any atom is 0.303 e. The molecule has 0 radical (unpaired) electrons. The Balaban J connectivity index is 2.16. The molecule has 0 unspecified atom stereocenters. The van der Waals surface area contributed by atoms with E-state index in [0.717, 1.165) is 22.6 Å². The van der Waals surface area contributed by atoms with Crippen molar-refractivity contribution in [3.63, 3.8) is 0 Å². The fourth-order valence-corrected chi connectivity index (χ4v) is 2.13. The molecule has 0 atom stereocenters. The number of rotatable bonds is 6. The van der Waals surface area contributed by atoms with Gasteiger partial charge in [0.1, 0.15) is 13.2 Å². The van der Waals surface area contributed by atoms with Gasteiger partial charge in [-0.2, -0.15) is 0 Å². The van der Waals surface area contributed by atoms with Crippen LogP contribution in [0.15, 0.2) is 12.1 Å². The molecule has 1 aromatic rings. The van der Waals surface area contributed by atoms with Gasteiger partial charge in [0.05, 0.1) is 6.61 Å². The lowest BCUT2D eigenvalue weighted by atomic mass is 10.0. The molecule has 1 aromatic carbocycles. The molecule has 1 aliphatic heterocycles. The molecule has 5 heteroatoms. The number of carboxylic acids is 1. The van der Waals surface area contributed by atoms with Gasteiger partial charge in [-0.3, -0.25) is 4.79 Å². The van der Waals surface area contributed by atoms with Crippen molar-refractivity contribution in [1.29, 1.82) is 0 Å². The van der Waals surface area contributed by atoms with Gasteiger partial charge >= 0.3 is 5.97 Å². The van der Waals surface area contributed by atoms with Crippen LogP contribution < -0.4 is 9.47 Å². The minimum atomic E-state index is -0.772. The second kappa shape index (κ2) is 6.43. The van der Waals surface area contributed by atoms with Crippen molar-refractivity contribution in [2.24, 2.45) is 0 Å². The first-order valence-electron chi connectivity index (χ1n) is 6.33. The third-order valence-electron chi connectivity index (χ3n) is 3.00. The highest BCUT2D eigenvalue weighted by Crippen LogP contribution is 2.34. The number of carbonyl (C=O) groups is 1. The Bertz CT molecular complexity index is 455. The summed E-state index contributed by atoms with van der Waals surface area (Å²) in [6, 6.07) is 3.86. The molecule has 104 valence electrons. The Kier molecular flexibility index (Phi) is 4.63. The van der Waals surface area contributed by atoms with E-state index in [9.17, 15) is 4.79 Å². The van der Waals surface area contributed by atoms with Gasteiger partial charge in [0.25, 0.3) is 0 Å². The van der Waals surface area contributed by atoms with Crippen LogP contribution in [0.25, 0.3) is 0 Å². The molecule has 0 saturated heterocycles. The number of methoxy groups -OCH3 is 1. The van der Waals surface area contributed by atoms with Crippen LogP contribution >= 0.6 is 0 Å². The first kappa shape index (κ1) is 13.7. The molecule has 1 aliphatic rings. The molecule has 0 spiro atoms. The molecule has 0 bridgehead atoms. The van der Waals surface area contributed by atoms with Crippen molar-refractivity contribution in [2.75, 3.05) is 20.3 Å². The molecule has 2 rings (SSSR count). The fourth-order valence-electron chi connectivity index (χ4n) is 2.13. The van der Waals surface area contributed by atoms with Gasteiger partial charge in [-0.25, -0.2) is 0 Å². The van der Waals surface area contributed by atoms with Crippen molar-refractivity contribution in [2.45, 2.75) is 25.9 Å². The topological polar surface area (TPSA) is 65.0 Å². The Morgan fingerprint density at radius 2 is 1.89 bits per heavy atom. The smallest absolute Gasteiger partial charge is 0.303 e. The molecular formula is C14H18O5. The Morgan fingerprint density at radius 1 is 1.26 bits per heavy atom. The van der Waals surface area contributed by atoms with Crippen LogP contribution in [0.4, 0.5) is 0 Å². The van der Waals surface area contributed by atoms with E-state index in [4.69, 9.17) is 19.3 Å². The zero-order valence-corrected chi connectivity index (χ0v) is 11.0. The van der Waals surface area contributed by atoms with Gasteiger partial charge in [-0.15, -0.1) is 0 Å². The summed E-state index contributed by atoms with van der Waals surface area (Å²) in [7, 11) is 1.64. The van der Waals surface area contributed by atoms with Gasteiger partial charge < -0.3 is 19.3 Å². The average molecular weight is 266 g/mol. The number of aliphatic carboxylic acids is 1. The number of aryl methyl sites for hydroxylation is 1. The minimum Gasteiger partial charge on any atom is -0.486 e. The molecule has 1 heterocycles. The van der Waals surface area contributed by atoms with Crippen molar-refractivity contribution >= 4 is 5.97 Å². The molecule has 5 nitrogen and oxygen atoms in total. The van der Waals surface area contributed by atoms with Crippen LogP contribution in [0.2, 0.25) is 0 Å². The zero-order valence-electron chi connectivity index (χ0n) is 11.0. The maximum atomic E-state index is 10.6. The first-order chi connectivity index (χ1) is 9.20. The Hall–Kier alpha value is -1.75. The summed E-state index contributed by atoms with van der Waals surface area (Å²) in [6.07, 6.45) is 1.47. The van der Waals surface area contributed by atoms with Gasteiger partial charge in [-0.1, -0.05) is 0 Å². The summed E-state index contributed by atoms with van der Waals surface area (Å²) < 4.78 is 16.3. The zero-order chi connectivity index (χ0) is 13.7. The highest BCUT2D eigenvalue weighted by Gasteiger charge is 2.15. The lowest BCUT2D eigenvalue weighted by molar-refractivity contribution is -0.137. The molecule has 19 heavy (non-hydrogen) atoms. The van der Waals surface area contributed by atoms with Crippen molar-refractivity contribution in [3.05, 3.63) is 23.3 Å². The summed E-state index contributed by atoms with van der Waals surface area (Å²) in [4.78, 5) is 10.6. The highest BCUT2D eigenvalue weighted by molar-refractivity contribution is 5.66. The predicted molar refractivity (Wildman–Crippen MR) is 68.7 cm³/mol. The monoisotopic (exact) mass is 266 g/mol. The van der Waals surface area contributed by atoms with E-state index in [2.05, 4.69) is 0 Å². The van der Waals surface area contributed by atoms with Crippen molar-refractivity contribution in [3.8, 4) is 11.5 Å². The standard InChI is InChI=1S/C14H18O5/c1-17-9-11-8-13-12(18-5-6-19-13)7-10(11)3-2-4-14(15)16/h7-8H,2-6,9H2,1H3,(H,15,16). The largest absolute Gasteiger partial charge is 0.486 e. The van der Waals surface area contributed by atoms with Crippen LogP contribution in [0.5, 0.6) is 11.5 Å². The number of fused-ring (bicyclic) bond motifs is 1. The van der Waals surface area contributed by atoms with Crippen LogP contribution in [0.1, 0.15) is 24.0 Å². The van der Waals surface area contributed by atoms with Crippen LogP contribution in [0, 0.1) is 0 Å². The number of hydrogen-bond donors (Lipinski definition) is 1. The van der Waals surface area contributed by atoms with Crippen LogP contribution in [-0.4, -0.2) is 31.4 Å². The van der Waals surface area contributed by atoms with Crippen molar-refractivity contribution in [1.82, 2.24) is 0 Å². The van der Waals surface area contributed by atoms with E-state index >= 15 is 0 Å². The fraction of sp³-hybridized carbons (Fsp3) is 0.500. The summed E-state index contributed by atoms with van der Waals surface area (Å²) in [5.74, 6) is 0.697. The third kappa shape index (κ3) is 3.61. The van der Waals surface area contributed by atoms with E-state index in [1.54, 1.807) is 7.11 Å². The normalized spacial score (nSPS) is 13.3. The number of carboxylic acid groups (broad SMARTS) is 1. The second-order valence-corrected chi connectivity index (χ2v) is 4.44. The quantitative estimate of drug-likeness (QED) is 0.853. The summed E-state index contributed by atoms with van der Waals surface area (Å²) in [5.41, 5.74) is 2.09. The predicted octanol–water partition coefficient (Wildman–Crippen LogP) is 2.01. The molecule has 0 saturated carbocycles. The molecule has 0 aliphatic carbocycles. The van der Waals surface area contributed by atoms with Gasteiger partial charge in [0.15, 0.2) is 11.5 Å². The van der Waals surface area contributed by atoms with Gasteiger partial charge in [0, 0.05) is 13.5 Å².